The summed E-state index contributed by atoms with van der Waals surface area (Å²) in [6.07, 6.45) is 1.24. The van der Waals surface area contributed by atoms with E-state index >= 15 is 0 Å². The summed E-state index contributed by atoms with van der Waals surface area (Å²) in [5.41, 5.74) is -0.194. The fourth-order valence-electron chi connectivity index (χ4n) is 1.50. The average molecular weight is 295 g/mol. The van der Waals surface area contributed by atoms with Crippen LogP contribution in [0, 0.1) is 5.41 Å². The highest BCUT2D eigenvalue weighted by Crippen LogP contribution is 2.26. The first kappa shape index (κ1) is 18.3. The molecule has 0 fully saturated rings. The Morgan fingerprint density at radius 2 is 1.95 bits per heavy atom. The van der Waals surface area contributed by atoms with E-state index in [1.54, 1.807) is 0 Å². The Hall–Kier alpha value is -0.660. The van der Waals surface area contributed by atoms with Crippen LogP contribution in [0.2, 0.25) is 0 Å². The van der Waals surface area contributed by atoms with Gasteiger partial charge in [0.15, 0.2) is 0 Å². The Balaban J connectivity index is 3.96. The van der Waals surface area contributed by atoms with Gasteiger partial charge in [-0.1, -0.05) is 13.8 Å². The zero-order chi connectivity index (χ0) is 14.9. The molecule has 0 aliphatic rings. The van der Waals surface area contributed by atoms with Gasteiger partial charge in [0.1, 0.15) is 0 Å². The number of aliphatic carboxylic acids is 1. The molecule has 0 aromatic rings. The van der Waals surface area contributed by atoms with Crippen LogP contribution in [0.15, 0.2) is 0 Å². The molecule has 0 bridgehead atoms. The van der Waals surface area contributed by atoms with Gasteiger partial charge in [0, 0.05) is 19.6 Å². The van der Waals surface area contributed by atoms with E-state index < -0.39 is 16.0 Å². The number of sulfonamides is 1. The molecule has 0 unspecified atom stereocenters. The van der Waals surface area contributed by atoms with Crippen molar-refractivity contribution in [2.45, 2.75) is 40.0 Å². The molecule has 0 rings (SSSR count). The van der Waals surface area contributed by atoms with Crippen LogP contribution in [0.4, 0.5) is 0 Å². The van der Waals surface area contributed by atoms with Crippen molar-refractivity contribution < 1.29 is 23.1 Å². The van der Waals surface area contributed by atoms with Gasteiger partial charge >= 0.3 is 5.97 Å². The molecule has 114 valence electrons. The van der Waals surface area contributed by atoms with Gasteiger partial charge in [-0.25, -0.2) is 13.1 Å². The van der Waals surface area contributed by atoms with E-state index in [0.717, 1.165) is 0 Å². The molecule has 0 saturated carbocycles. The average Bonchev–Trinajstić information content (AvgIpc) is 2.26. The lowest BCUT2D eigenvalue weighted by Gasteiger charge is -2.23. The summed E-state index contributed by atoms with van der Waals surface area (Å²) in [6, 6.07) is 0. The summed E-state index contributed by atoms with van der Waals surface area (Å²) in [5.74, 6) is -0.874. The van der Waals surface area contributed by atoms with Crippen molar-refractivity contribution >= 4 is 16.0 Å². The van der Waals surface area contributed by atoms with Crippen molar-refractivity contribution in [1.82, 2.24) is 4.72 Å². The highest BCUT2D eigenvalue weighted by molar-refractivity contribution is 7.89. The van der Waals surface area contributed by atoms with Gasteiger partial charge in [0.2, 0.25) is 10.0 Å². The lowest BCUT2D eigenvalue weighted by atomic mass is 9.84. The van der Waals surface area contributed by atoms with E-state index in [0.29, 0.717) is 26.0 Å². The Morgan fingerprint density at radius 1 is 1.32 bits per heavy atom. The standard InChI is InChI=1S/C12H25NO5S/c1-4-18-9-10-19(16,17)13-8-7-12(2,3)6-5-11(14)15/h13H,4-10H2,1-3H3,(H,14,15). The van der Waals surface area contributed by atoms with E-state index in [1.807, 2.05) is 20.8 Å². The molecule has 0 aromatic heterocycles. The molecular formula is C12H25NO5S. The minimum atomic E-state index is -3.30. The lowest BCUT2D eigenvalue weighted by molar-refractivity contribution is -0.137. The number of carboxylic acids is 1. The summed E-state index contributed by atoms with van der Waals surface area (Å²) in [4.78, 5) is 10.5. The van der Waals surface area contributed by atoms with E-state index in [9.17, 15) is 13.2 Å². The predicted molar refractivity (Wildman–Crippen MR) is 73.6 cm³/mol. The molecule has 0 atom stereocenters. The van der Waals surface area contributed by atoms with Crippen LogP contribution < -0.4 is 4.72 Å². The zero-order valence-corrected chi connectivity index (χ0v) is 12.8. The molecule has 6 nitrogen and oxygen atoms in total. The molecule has 0 heterocycles. The van der Waals surface area contributed by atoms with E-state index in [4.69, 9.17) is 9.84 Å². The maximum Gasteiger partial charge on any atom is 0.303 e. The van der Waals surface area contributed by atoms with Crippen molar-refractivity contribution in [2.24, 2.45) is 5.41 Å². The Morgan fingerprint density at radius 3 is 2.47 bits per heavy atom. The van der Waals surface area contributed by atoms with E-state index in [-0.39, 0.29) is 24.2 Å². The Kier molecular flexibility index (Phi) is 8.20. The third-order valence-electron chi connectivity index (χ3n) is 2.84. The molecule has 0 aromatic carbocycles. The predicted octanol–water partition coefficient (Wildman–Crippen LogP) is 1.22. The van der Waals surface area contributed by atoms with Crippen molar-refractivity contribution in [3.05, 3.63) is 0 Å². The summed E-state index contributed by atoms with van der Waals surface area (Å²) >= 11 is 0. The maximum atomic E-state index is 11.6. The van der Waals surface area contributed by atoms with Gasteiger partial charge in [-0.05, 0) is 25.2 Å². The molecule has 0 aliphatic carbocycles. The monoisotopic (exact) mass is 295 g/mol. The lowest BCUT2D eigenvalue weighted by Crippen LogP contribution is -2.31. The second-order valence-corrected chi connectivity index (χ2v) is 7.14. The van der Waals surface area contributed by atoms with E-state index in [1.165, 1.54) is 0 Å². The van der Waals surface area contributed by atoms with Crippen LogP contribution in [-0.4, -0.2) is 45.0 Å². The van der Waals surface area contributed by atoms with Crippen molar-refractivity contribution in [2.75, 3.05) is 25.5 Å². The first-order valence-corrected chi connectivity index (χ1v) is 8.10. The van der Waals surface area contributed by atoms with Crippen LogP contribution >= 0.6 is 0 Å². The highest BCUT2D eigenvalue weighted by Gasteiger charge is 2.20. The van der Waals surface area contributed by atoms with Crippen molar-refractivity contribution in [1.29, 1.82) is 0 Å². The Bertz CT molecular complexity index is 364. The van der Waals surface area contributed by atoms with Gasteiger partial charge in [0.25, 0.3) is 0 Å². The molecular weight excluding hydrogens is 270 g/mol. The van der Waals surface area contributed by atoms with Crippen LogP contribution in [0.25, 0.3) is 0 Å². The number of rotatable bonds is 11. The summed E-state index contributed by atoms with van der Waals surface area (Å²) in [7, 11) is -3.30. The minimum Gasteiger partial charge on any atom is -0.481 e. The Labute approximate surface area is 115 Å². The second kappa shape index (κ2) is 8.50. The third-order valence-corrected chi connectivity index (χ3v) is 4.19. The molecule has 2 N–H and O–H groups in total. The maximum absolute atomic E-state index is 11.6. The smallest absolute Gasteiger partial charge is 0.303 e. The highest BCUT2D eigenvalue weighted by atomic mass is 32.2. The second-order valence-electron chi connectivity index (χ2n) is 5.22. The fourth-order valence-corrected chi connectivity index (χ4v) is 2.40. The van der Waals surface area contributed by atoms with Crippen LogP contribution in [0.5, 0.6) is 0 Å². The SMILES string of the molecule is CCOCCS(=O)(=O)NCCC(C)(C)CCC(=O)O. The van der Waals surface area contributed by atoms with Crippen LogP contribution in [0.1, 0.15) is 40.0 Å². The van der Waals surface area contributed by atoms with Gasteiger partial charge in [0.05, 0.1) is 12.4 Å². The number of carbonyl (C=O) groups is 1. The number of nitrogens with one attached hydrogen (secondary N) is 1. The van der Waals surface area contributed by atoms with Crippen molar-refractivity contribution in [3.8, 4) is 0 Å². The van der Waals surface area contributed by atoms with Gasteiger partial charge in [-0.2, -0.15) is 0 Å². The molecule has 0 amide bonds. The summed E-state index contributed by atoms with van der Waals surface area (Å²) in [5, 5.41) is 8.63. The summed E-state index contributed by atoms with van der Waals surface area (Å²) < 4.78 is 30.6. The fraction of sp³-hybridized carbons (Fsp3) is 0.917. The minimum absolute atomic E-state index is 0.0452. The quantitative estimate of drug-likeness (QED) is 0.559. The van der Waals surface area contributed by atoms with Gasteiger partial charge in [-0.15, -0.1) is 0 Å². The van der Waals surface area contributed by atoms with E-state index in [2.05, 4.69) is 4.72 Å². The number of hydrogen-bond acceptors (Lipinski definition) is 4. The topological polar surface area (TPSA) is 92.7 Å². The molecule has 0 spiro atoms. The van der Waals surface area contributed by atoms with Crippen LogP contribution in [0.3, 0.4) is 0 Å². The third kappa shape index (κ3) is 10.9. The van der Waals surface area contributed by atoms with Crippen molar-refractivity contribution in [3.63, 3.8) is 0 Å². The number of ether oxygens (including phenoxy) is 1. The van der Waals surface area contributed by atoms with Gasteiger partial charge in [-0.3, -0.25) is 4.79 Å². The normalized spacial score (nSPS) is 12.6. The summed E-state index contributed by atoms with van der Waals surface area (Å²) in [6.45, 7) is 6.69. The molecule has 0 aliphatic heterocycles. The first-order valence-electron chi connectivity index (χ1n) is 6.45. The number of carboxylic acid groups (broad SMARTS) is 1. The zero-order valence-electron chi connectivity index (χ0n) is 11.9. The number of hydrogen-bond donors (Lipinski definition) is 2. The molecule has 0 radical (unpaired) electrons. The largest absolute Gasteiger partial charge is 0.481 e. The van der Waals surface area contributed by atoms with Crippen LogP contribution in [-0.2, 0) is 19.6 Å². The van der Waals surface area contributed by atoms with Gasteiger partial charge < -0.3 is 9.84 Å². The molecule has 0 saturated heterocycles. The molecule has 19 heavy (non-hydrogen) atoms. The molecule has 7 heteroatoms. The first-order chi connectivity index (χ1) is 8.68.